The maximum Gasteiger partial charge on any atom is 0.244 e. The van der Waals surface area contributed by atoms with Gasteiger partial charge >= 0.3 is 0 Å². The van der Waals surface area contributed by atoms with Crippen LogP contribution in [0.15, 0.2) is 48.5 Å². The molecule has 0 saturated carbocycles. The van der Waals surface area contributed by atoms with Gasteiger partial charge in [0, 0.05) is 5.02 Å². The fourth-order valence-corrected chi connectivity index (χ4v) is 4.21. The molecule has 1 N–H and O–H groups in total. The molecule has 8 heteroatoms. The number of nitrogens with zero attached hydrogens (tertiary/aromatic N) is 1. The number of anilines is 1. The van der Waals surface area contributed by atoms with Crippen LogP contribution in [0.1, 0.15) is 32.4 Å². The quantitative estimate of drug-likeness (QED) is 0.699. The number of hydrogen-bond donors (Lipinski definition) is 1. The molecule has 0 aliphatic carbocycles. The monoisotopic (exact) mass is 424 g/mol. The highest BCUT2D eigenvalue weighted by Crippen LogP contribution is 2.25. The molecule has 0 spiro atoms. The number of benzene rings is 2. The molecule has 2 aromatic rings. The van der Waals surface area contributed by atoms with Crippen LogP contribution in [0.25, 0.3) is 0 Å². The Bertz CT molecular complexity index is 916. The Morgan fingerprint density at radius 3 is 2.36 bits per heavy atom. The van der Waals surface area contributed by atoms with Crippen LogP contribution in [0.3, 0.4) is 0 Å². The number of rotatable bonds is 8. The van der Waals surface area contributed by atoms with Gasteiger partial charge in [-0.2, -0.15) is 0 Å². The van der Waals surface area contributed by atoms with E-state index in [1.807, 2.05) is 38.1 Å². The first kappa shape index (κ1) is 22.0. The number of halogens is 1. The highest BCUT2D eigenvalue weighted by molar-refractivity contribution is 7.92. The smallest absolute Gasteiger partial charge is 0.244 e. The lowest BCUT2D eigenvalue weighted by Gasteiger charge is -2.29. The van der Waals surface area contributed by atoms with E-state index in [-0.39, 0.29) is 6.04 Å². The molecule has 0 aliphatic heterocycles. The molecule has 0 heterocycles. The van der Waals surface area contributed by atoms with E-state index in [2.05, 4.69) is 5.32 Å². The van der Waals surface area contributed by atoms with Gasteiger partial charge in [0.2, 0.25) is 15.9 Å². The lowest BCUT2D eigenvalue weighted by Crippen LogP contribution is -2.48. The number of carbonyl (C=O) groups excluding carboxylic acids is 1. The highest BCUT2D eigenvalue weighted by Gasteiger charge is 2.30. The van der Waals surface area contributed by atoms with Gasteiger partial charge < -0.3 is 10.1 Å². The molecule has 0 saturated heterocycles. The maximum absolute atomic E-state index is 12.8. The fraction of sp³-hybridized carbons (Fsp3) is 0.350. The third-order valence-corrected chi connectivity index (χ3v) is 5.68. The van der Waals surface area contributed by atoms with Crippen molar-refractivity contribution < 1.29 is 17.9 Å². The number of hydrogen-bond acceptors (Lipinski definition) is 4. The third-order valence-electron chi connectivity index (χ3n) is 4.20. The molecule has 2 rings (SSSR count). The van der Waals surface area contributed by atoms with Crippen LogP contribution >= 0.6 is 11.6 Å². The first-order valence-corrected chi connectivity index (χ1v) is 11.1. The molecule has 0 aliphatic rings. The Morgan fingerprint density at radius 1 is 1.18 bits per heavy atom. The maximum atomic E-state index is 12.8. The largest absolute Gasteiger partial charge is 0.494 e. The molecule has 0 bridgehead atoms. The van der Waals surface area contributed by atoms with E-state index in [0.717, 1.165) is 21.9 Å². The van der Waals surface area contributed by atoms with Crippen LogP contribution in [0.2, 0.25) is 5.02 Å². The van der Waals surface area contributed by atoms with Crippen molar-refractivity contribution in [2.24, 2.45) is 0 Å². The molecule has 0 unspecified atom stereocenters. The number of amides is 1. The van der Waals surface area contributed by atoms with Crippen molar-refractivity contribution in [2.75, 3.05) is 17.2 Å². The molecule has 0 fully saturated rings. The normalized spacial score (nSPS) is 13.5. The van der Waals surface area contributed by atoms with Gasteiger partial charge in [-0.1, -0.05) is 29.8 Å². The first-order valence-electron chi connectivity index (χ1n) is 8.91. The second-order valence-corrected chi connectivity index (χ2v) is 8.74. The first-order chi connectivity index (χ1) is 13.1. The van der Waals surface area contributed by atoms with Crippen molar-refractivity contribution in [1.82, 2.24) is 5.32 Å². The standard InChI is InChI=1S/C20H25ClN2O4S/c1-5-27-19-11-9-16(10-12-19)14(2)22-20(24)15(3)23(28(4,25)26)18-8-6-7-17(21)13-18/h6-15H,5H2,1-4H3,(H,22,24)/t14-,15+/m0/s1. The number of nitrogens with one attached hydrogen (secondary N) is 1. The van der Waals surface area contributed by atoms with E-state index >= 15 is 0 Å². The Labute approximate surface area is 171 Å². The van der Waals surface area contributed by atoms with Gasteiger partial charge in [0.05, 0.1) is 24.6 Å². The summed E-state index contributed by atoms with van der Waals surface area (Å²) in [6, 6.07) is 12.6. The number of sulfonamides is 1. The van der Waals surface area contributed by atoms with E-state index in [4.69, 9.17) is 16.3 Å². The minimum atomic E-state index is -3.69. The zero-order valence-corrected chi connectivity index (χ0v) is 17.9. The molecule has 0 aromatic heterocycles. The summed E-state index contributed by atoms with van der Waals surface area (Å²) in [7, 11) is -3.69. The van der Waals surface area contributed by atoms with Crippen LogP contribution in [0.5, 0.6) is 5.75 Å². The summed E-state index contributed by atoms with van der Waals surface area (Å²) < 4.78 is 31.2. The van der Waals surface area contributed by atoms with Gasteiger partial charge in [-0.15, -0.1) is 0 Å². The summed E-state index contributed by atoms with van der Waals surface area (Å²) in [5.41, 5.74) is 1.23. The molecule has 28 heavy (non-hydrogen) atoms. The molecular weight excluding hydrogens is 400 g/mol. The predicted octanol–water partition coefficient (Wildman–Crippen LogP) is 3.77. The summed E-state index contributed by atoms with van der Waals surface area (Å²) in [5.74, 6) is 0.342. The van der Waals surface area contributed by atoms with Gasteiger partial charge in [0.25, 0.3) is 0 Å². The Balaban J connectivity index is 2.18. The second kappa shape index (κ2) is 9.30. The summed E-state index contributed by atoms with van der Waals surface area (Å²) >= 11 is 5.99. The Morgan fingerprint density at radius 2 is 1.82 bits per heavy atom. The topological polar surface area (TPSA) is 75.7 Å². The fourth-order valence-electron chi connectivity index (χ4n) is 2.86. The summed E-state index contributed by atoms with van der Waals surface area (Å²) in [4.78, 5) is 12.8. The van der Waals surface area contributed by atoms with Crippen LogP contribution in [0, 0.1) is 0 Å². The van der Waals surface area contributed by atoms with Crippen LogP contribution < -0.4 is 14.4 Å². The highest BCUT2D eigenvalue weighted by atomic mass is 35.5. The number of carbonyl (C=O) groups is 1. The minimum absolute atomic E-state index is 0.300. The van der Waals surface area contributed by atoms with Gasteiger partial charge in [0.1, 0.15) is 11.8 Å². The molecule has 152 valence electrons. The van der Waals surface area contributed by atoms with Crippen molar-refractivity contribution in [3.05, 3.63) is 59.1 Å². The lowest BCUT2D eigenvalue weighted by molar-refractivity contribution is -0.122. The molecule has 1 amide bonds. The Hall–Kier alpha value is -2.25. The minimum Gasteiger partial charge on any atom is -0.494 e. The average molecular weight is 425 g/mol. The van der Waals surface area contributed by atoms with E-state index in [9.17, 15) is 13.2 Å². The summed E-state index contributed by atoms with van der Waals surface area (Å²) in [6.07, 6.45) is 1.06. The van der Waals surface area contributed by atoms with Gasteiger partial charge in [0.15, 0.2) is 0 Å². The van der Waals surface area contributed by atoms with E-state index in [1.54, 1.807) is 25.1 Å². The van der Waals surface area contributed by atoms with Crippen molar-refractivity contribution in [1.29, 1.82) is 0 Å². The van der Waals surface area contributed by atoms with E-state index in [0.29, 0.717) is 17.3 Å². The van der Waals surface area contributed by atoms with Crippen LogP contribution in [-0.4, -0.2) is 33.2 Å². The van der Waals surface area contributed by atoms with E-state index in [1.165, 1.54) is 6.07 Å². The second-order valence-electron chi connectivity index (χ2n) is 6.45. The third kappa shape index (κ3) is 5.62. The van der Waals surface area contributed by atoms with Gasteiger partial charge in [-0.3, -0.25) is 9.10 Å². The average Bonchev–Trinajstić information content (AvgIpc) is 2.61. The zero-order chi connectivity index (χ0) is 20.9. The molecule has 6 nitrogen and oxygen atoms in total. The van der Waals surface area contributed by atoms with Gasteiger partial charge in [-0.05, 0) is 56.7 Å². The van der Waals surface area contributed by atoms with Crippen LogP contribution in [0.4, 0.5) is 5.69 Å². The molecule has 2 atom stereocenters. The number of ether oxygens (including phenoxy) is 1. The molecular formula is C20H25ClN2O4S. The van der Waals surface area contributed by atoms with Crippen molar-refractivity contribution in [3.8, 4) is 5.75 Å². The van der Waals surface area contributed by atoms with E-state index < -0.39 is 22.0 Å². The van der Waals surface area contributed by atoms with Crippen molar-refractivity contribution >= 4 is 33.2 Å². The van der Waals surface area contributed by atoms with Crippen molar-refractivity contribution in [2.45, 2.75) is 32.9 Å². The zero-order valence-electron chi connectivity index (χ0n) is 16.3. The van der Waals surface area contributed by atoms with Crippen molar-refractivity contribution in [3.63, 3.8) is 0 Å². The SMILES string of the molecule is CCOc1ccc([C@H](C)NC(=O)[C@@H](C)N(c2cccc(Cl)c2)S(C)(=O)=O)cc1. The molecule has 2 aromatic carbocycles. The molecule has 0 radical (unpaired) electrons. The lowest BCUT2D eigenvalue weighted by atomic mass is 10.1. The summed E-state index contributed by atoms with van der Waals surface area (Å²) in [5, 5.41) is 3.26. The Kier molecular flexibility index (Phi) is 7.32. The summed E-state index contributed by atoms with van der Waals surface area (Å²) in [6.45, 7) is 5.87. The predicted molar refractivity (Wildman–Crippen MR) is 112 cm³/mol. The van der Waals surface area contributed by atoms with Crippen LogP contribution in [-0.2, 0) is 14.8 Å². The van der Waals surface area contributed by atoms with Gasteiger partial charge in [-0.25, -0.2) is 8.42 Å².